The zero-order valence-electron chi connectivity index (χ0n) is 9.72. The average Bonchev–Trinajstić information content (AvgIpc) is 2.32. The number of carbonyl (C=O) groups excluding carboxylic acids is 2. The van der Waals surface area contributed by atoms with E-state index in [0.29, 0.717) is 6.54 Å². The van der Waals surface area contributed by atoms with Crippen molar-refractivity contribution < 1.29 is 18.4 Å². The summed E-state index contributed by atoms with van der Waals surface area (Å²) in [5, 5.41) is 4.53. The van der Waals surface area contributed by atoms with E-state index < -0.39 is 29.0 Å². The molecule has 1 aromatic carbocycles. The lowest BCUT2D eigenvalue weighted by atomic mass is 10.1. The lowest BCUT2D eigenvalue weighted by Gasteiger charge is -2.08. The molecule has 18 heavy (non-hydrogen) atoms. The van der Waals surface area contributed by atoms with Crippen LogP contribution in [-0.2, 0) is 4.79 Å². The average molecular weight is 257 g/mol. The highest BCUT2D eigenvalue weighted by atomic mass is 19.1. The number of nitrogens with two attached hydrogens (primary N) is 1. The number of benzene rings is 1. The van der Waals surface area contributed by atoms with Gasteiger partial charge in [-0.1, -0.05) is 0 Å². The second-order valence-corrected chi connectivity index (χ2v) is 3.46. The third-order valence-electron chi connectivity index (χ3n) is 2.13. The van der Waals surface area contributed by atoms with Crippen molar-refractivity contribution in [2.45, 2.75) is 6.92 Å². The van der Waals surface area contributed by atoms with Crippen LogP contribution in [0.5, 0.6) is 0 Å². The molecule has 7 heteroatoms. The Morgan fingerprint density at radius 3 is 2.56 bits per heavy atom. The topological polar surface area (TPSA) is 84.2 Å². The smallest absolute Gasteiger partial charge is 0.257 e. The molecule has 0 aliphatic rings. The molecule has 4 N–H and O–H groups in total. The first kappa shape index (κ1) is 13.9. The standard InChI is InChI=1S/C11H13F2N3O2/c1-2-15-8(17)5-16-11(18)9-6(12)3-4-7(14)10(9)13/h3-4H,2,5,14H2,1H3,(H,15,17)(H,16,18). The van der Waals surface area contributed by atoms with Gasteiger partial charge in [-0.3, -0.25) is 9.59 Å². The van der Waals surface area contributed by atoms with Crippen molar-refractivity contribution in [2.24, 2.45) is 0 Å². The number of rotatable bonds is 4. The molecule has 0 bridgehead atoms. The summed E-state index contributed by atoms with van der Waals surface area (Å²) in [5.74, 6) is -3.64. The second kappa shape index (κ2) is 5.95. The molecule has 2 amide bonds. The molecule has 1 aromatic rings. The Labute approximate surface area is 102 Å². The van der Waals surface area contributed by atoms with E-state index in [-0.39, 0.29) is 12.2 Å². The second-order valence-electron chi connectivity index (χ2n) is 3.46. The fraction of sp³-hybridized carbons (Fsp3) is 0.273. The van der Waals surface area contributed by atoms with Crippen molar-refractivity contribution in [3.8, 4) is 0 Å². The number of hydrogen-bond acceptors (Lipinski definition) is 3. The van der Waals surface area contributed by atoms with Crippen LogP contribution >= 0.6 is 0 Å². The van der Waals surface area contributed by atoms with Crippen molar-refractivity contribution in [3.05, 3.63) is 29.3 Å². The molecule has 0 unspecified atom stereocenters. The molecule has 0 heterocycles. The van der Waals surface area contributed by atoms with Crippen LogP contribution in [0.15, 0.2) is 12.1 Å². The van der Waals surface area contributed by atoms with Crippen LogP contribution in [0.4, 0.5) is 14.5 Å². The summed E-state index contributed by atoms with van der Waals surface area (Å²) >= 11 is 0. The van der Waals surface area contributed by atoms with Crippen LogP contribution in [0.2, 0.25) is 0 Å². The normalized spacial score (nSPS) is 9.94. The van der Waals surface area contributed by atoms with Gasteiger partial charge in [0.15, 0.2) is 5.82 Å². The van der Waals surface area contributed by atoms with E-state index in [4.69, 9.17) is 5.73 Å². The van der Waals surface area contributed by atoms with Crippen LogP contribution in [-0.4, -0.2) is 24.9 Å². The van der Waals surface area contributed by atoms with E-state index >= 15 is 0 Å². The third-order valence-corrected chi connectivity index (χ3v) is 2.13. The minimum absolute atomic E-state index is 0.334. The maximum absolute atomic E-state index is 13.5. The fourth-order valence-corrected chi connectivity index (χ4v) is 1.29. The van der Waals surface area contributed by atoms with Crippen LogP contribution < -0.4 is 16.4 Å². The highest BCUT2D eigenvalue weighted by molar-refractivity contribution is 5.97. The SMILES string of the molecule is CCNC(=O)CNC(=O)c1c(F)ccc(N)c1F. The van der Waals surface area contributed by atoms with Crippen molar-refractivity contribution in [1.29, 1.82) is 0 Å². The summed E-state index contributed by atoms with van der Waals surface area (Å²) in [4.78, 5) is 22.6. The zero-order valence-corrected chi connectivity index (χ0v) is 9.72. The van der Waals surface area contributed by atoms with Gasteiger partial charge in [-0.15, -0.1) is 0 Å². The van der Waals surface area contributed by atoms with E-state index in [1.165, 1.54) is 0 Å². The molecule has 5 nitrogen and oxygen atoms in total. The number of likely N-dealkylation sites (N-methyl/N-ethyl adjacent to an activating group) is 1. The number of amides is 2. The molecule has 1 rings (SSSR count). The molecule has 0 saturated heterocycles. The summed E-state index contributed by atoms with van der Waals surface area (Å²) in [6, 6.07) is 1.91. The molecule has 0 atom stereocenters. The Morgan fingerprint density at radius 2 is 1.94 bits per heavy atom. The molecule has 0 aliphatic carbocycles. The molecular formula is C11H13F2N3O2. The predicted molar refractivity (Wildman–Crippen MR) is 61.8 cm³/mol. The molecular weight excluding hydrogens is 244 g/mol. The Kier molecular flexibility index (Phi) is 4.59. The van der Waals surface area contributed by atoms with Gasteiger partial charge in [0.2, 0.25) is 5.91 Å². The van der Waals surface area contributed by atoms with Gasteiger partial charge < -0.3 is 16.4 Å². The van der Waals surface area contributed by atoms with Crippen LogP contribution in [0.3, 0.4) is 0 Å². The first-order valence-corrected chi connectivity index (χ1v) is 5.25. The number of halogens is 2. The van der Waals surface area contributed by atoms with Gasteiger partial charge in [0.25, 0.3) is 5.91 Å². The van der Waals surface area contributed by atoms with E-state index in [9.17, 15) is 18.4 Å². The van der Waals surface area contributed by atoms with Crippen LogP contribution in [0.1, 0.15) is 17.3 Å². The van der Waals surface area contributed by atoms with E-state index in [1.807, 2.05) is 0 Å². The molecule has 98 valence electrons. The predicted octanol–water partition coefficient (Wildman–Crippen LogP) is 0.413. The van der Waals surface area contributed by atoms with Gasteiger partial charge in [-0.2, -0.15) is 0 Å². The van der Waals surface area contributed by atoms with Crippen LogP contribution in [0, 0.1) is 11.6 Å². The molecule has 0 spiro atoms. The number of nitrogen functional groups attached to an aromatic ring is 1. The Balaban J connectivity index is 2.79. The minimum Gasteiger partial charge on any atom is -0.396 e. The first-order chi connectivity index (χ1) is 8.47. The van der Waals surface area contributed by atoms with Crippen molar-refractivity contribution >= 4 is 17.5 Å². The van der Waals surface area contributed by atoms with Crippen LogP contribution in [0.25, 0.3) is 0 Å². The number of carbonyl (C=O) groups is 2. The zero-order chi connectivity index (χ0) is 13.7. The van der Waals surface area contributed by atoms with Gasteiger partial charge in [0, 0.05) is 6.54 Å². The van der Waals surface area contributed by atoms with Gasteiger partial charge in [0.05, 0.1) is 12.2 Å². The van der Waals surface area contributed by atoms with Crippen molar-refractivity contribution in [3.63, 3.8) is 0 Å². The van der Waals surface area contributed by atoms with E-state index in [2.05, 4.69) is 10.6 Å². The lowest BCUT2D eigenvalue weighted by Crippen LogP contribution is -2.37. The molecule has 0 saturated carbocycles. The minimum atomic E-state index is -1.14. The van der Waals surface area contributed by atoms with Gasteiger partial charge in [-0.25, -0.2) is 8.78 Å². The summed E-state index contributed by atoms with van der Waals surface area (Å²) in [6.45, 7) is 1.74. The molecule has 0 aromatic heterocycles. The Bertz CT molecular complexity index is 478. The fourth-order valence-electron chi connectivity index (χ4n) is 1.29. The molecule has 0 aliphatic heterocycles. The summed E-state index contributed by atoms with van der Waals surface area (Å²) in [5.41, 5.74) is 4.10. The Hall–Kier alpha value is -2.18. The quantitative estimate of drug-likeness (QED) is 0.683. The lowest BCUT2D eigenvalue weighted by molar-refractivity contribution is -0.120. The maximum atomic E-state index is 13.5. The summed E-state index contributed by atoms with van der Waals surface area (Å²) in [7, 11) is 0. The largest absolute Gasteiger partial charge is 0.396 e. The first-order valence-electron chi connectivity index (χ1n) is 5.25. The monoisotopic (exact) mass is 257 g/mol. The number of anilines is 1. The van der Waals surface area contributed by atoms with E-state index in [1.54, 1.807) is 6.92 Å². The molecule has 0 radical (unpaired) electrons. The number of hydrogen-bond donors (Lipinski definition) is 3. The molecule has 0 fully saturated rings. The Morgan fingerprint density at radius 1 is 1.28 bits per heavy atom. The maximum Gasteiger partial charge on any atom is 0.257 e. The van der Waals surface area contributed by atoms with Crippen molar-refractivity contribution in [1.82, 2.24) is 10.6 Å². The van der Waals surface area contributed by atoms with E-state index in [0.717, 1.165) is 12.1 Å². The van der Waals surface area contributed by atoms with Gasteiger partial charge in [0.1, 0.15) is 11.4 Å². The van der Waals surface area contributed by atoms with Gasteiger partial charge >= 0.3 is 0 Å². The van der Waals surface area contributed by atoms with Crippen molar-refractivity contribution in [2.75, 3.05) is 18.8 Å². The highest BCUT2D eigenvalue weighted by Crippen LogP contribution is 2.18. The summed E-state index contributed by atoms with van der Waals surface area (Å²) in [6.07, 6.45) is 0. The third kappa shape index (κ3) is 3.16. The summed E-state index contributed by atoms with van der Waals surface area (Å²) < 4.78 is 26.8. The van der Waals surface area contributed by atoms with Gasteiger partial charge in [-0.05, 0) is 19.1 Å². The number of nitrogens with one attached hydrogen (secondary N) is 2. The highest BCUT2D eigenvalue weighted by Gasteiger charge is 2.19.